The van der Waals surface area contributed by atoms with Crippen LogP contribution in [0, 0.1) is 0 Å². The van der Waals surface area contributed by atoms with Gasteiger partial charge in [0.15, 0.2) is 12.4 Å². The van der Waals surface area contributed by atoms with Crippen molar-refractivity contribution in [2.75, 3.05) is 13.2 Å². The molecule has 11 nitrogen and oxygen atoms in total. The summed E-state index contributed by atoms with van der Waals surface area (Å²) in [6, 6.07) is -1.03. The quantitative estimate of drug-likeness (QED) is 0.0195. The molecule has 0 spiro atoms. The van der Waals surface area contributed by atoms with E-state index in [9.17, 15) is 35.1 Å². The molecule has 1 aliphatic heterocycles. The van der Waals surface area contributed by atoms with Crippen molar-refractivity contribution in [2.24, 2.45) is 0 Å². The molecule has 6 N–H and O–H groups in total. The number of ether oxygens (including phenoxy) is 3. The van der Waals surface area contributed by atoms with E-state index in [1.54, 1.807) is 6.08 Å². The molecule has 8 unspecified atom stereocenters. The maximum Gasteiger partial charge on any atom is 0.306 e. The van der Waals surface area contributed by atoms with E-state index in [2.05, 4.69) is 99.0 Å². The van der Waals surface area contributed by atoms with Gasteiger partial charge in [-0.2, -0.15) is 0 Å². The van der Waals surface area contributed by atoms with Gasteiger partial charge in [0.25, 0.3) is 0 Å². The zero-order valence-corrected chi connectivity index (χ0v) is 61.8. The number of aliphatic hydroxyl groups excluding tert-OH is 5. The van der Waals surface area contributed by atoms with Crippen LogP contribution in [0.15, 0.2) is 85.1 Å². The summed E-state index contributed by atoms with van der Waals surface area (Å²) in [5.41, 5.74) is 0. The summed E-state index contributed by atoms with van der Waals surface area (Å²) >= 11 is 0. The third kappa shape index (κ3) is 57.3. The average molecular weight is 1340 g/mol. The van der Waals surface area contributed by atoms with Crippen molar-refractivity contribution in [3.63, 3.8) is 0 Å². The predicted molar refractivity (Wildman–Crippen MR) is 402 cm³/mol. The lowest BCUT2D eigenvalue weighted by atomic mass is 9.99. The molecule has 0 radical (unpaired) electrons. The van der Waals surface area contributed by atoms with Crippen LogP contribution in [0.25, 0.3) is 0 Å². The Labute approximate surface area is 584 Å². The third-order valence-electron chi connectivity index (χ3n) is 18.8. The minimum Gasteiger partial charge on any atom is -0.454 e. The minimum atomic E-state index is -1.62. The van der Waals surface area contributed by atoms with Gasteiger partial charge >= 0.3 is 5.97 Å². The summed E-state index contributed by atoms with van der Waals surface area (Å²) < 4.78 is 17.8. The van der Waals surface area contributed by atoms with Gasteiger partial charge in [-0.05, 0) is 96.3 Å². The number of hydrogen-bond acceptors (Lipinski definition) is 10. The maximum atomic E-state index is 13.6. The van der Waals surface area contributed by atoms with Crippen LogP contribution in [-0.2, 0) is 23.8 Å². The van der Waals surface area contributed by atoms with Crippen molar-refractivity contribution in [3.8, 4) is 0 Å². The number of hydrogen-bond donors (Lipinski definition) is 6. The topological polar surface area (TPSA) is 175 Å². The van der Waals surface area contributed by atoms with Gasteiger partial charge in [-0.1, -0.05) is 356 Å². The minimum absolute atomic E-state index is 0.118. The third-order valence-corrected chi connectivity index (χ3v) is 18.8. The van der Waals surface area contributed by atoms with E-state index in [0.717, 1.165) is 96.3 Å². The van der Waals surface area contributed by atoms with E-state index < -0.39 is 67.4 Å². The Balaban J connectivity index is 2.50. The second-order valence-electron chi connectivity index (χ2n) is 27.8. The summed E-state index contributed by atoms with van der Waals surface area (Å²) in [5.74, 6) is -1.19. The molecule has 0 aliphatic carbocycles. The fourth-order valence-electron chi connectivity index (χ4n) is 12.5. The van der Waals surface area contributed by atoms with Gasteiger partial charge in [0, 0.05) is 6.42 Å². The lowest BCUT2D eigenvalue weighted by molar-refractivity contribution is -0.305. The van der Waals surface area contributed by atoms with Gasteiger partial charge in [0.05, 0.1) is 25.4 Å². The number of allylic oxidation sites excluding steroid dienone is 13. The summed E-state index contributed by atoms with van der Waals surface area (Å²) in [7, 11) is 0. The molecular weight excluding hydrogens is 1180 g/mol. The highest BCUT2D eigenvalue weighted by atomic mass is 16.7. The van der Waals surface area contributed by atoms with Gasteiger partial charge in [-0.15, -0.1) is 0 Å². The Morgan fingerprint density at radius 3 is 1.15 bits per heavy atom. The van der Waals surface area contributed by atoms with Crippen LogP contribution in [0.2, 0.25) is 0 Å². The smallest absolute Gasteiger partial charge is 0.306 e. The van der Waals surface area contributed by atoms with E-state index in [-0.39, 0.29) is 13.0 Å². The molecule has 1 rings (SSSR count). The fraction of sp³-hybridized carbons (Fsp3) is 0.810. The molecule has 1 fully saturated rings. The first-order chi connectivity index (χ1) is 46.7. The molecule has 552 valence electrons. The predicted octanol–water partition coefficient (Wildman–Crippen LogP) is 22.0. The second kappa shape index (κ2) is 70.7. The Morgan fingerprint density at radius 1 is 0.421 bits per heavy atom. The molecule has 0 bridgehead atoms. The molecule has 1 saturated heterocycles. The highest BCUT2D eigenvalue weighted by Crippen LogP contribution is 2.27. The number of rotatable bonds is 70. The highest BCUT2D eigenvalue weighted by molar-refractivity contribution is 5.80. The number of unbranched alkanes of at least 4 members (excludes halogenated alkanes) is 44. The largest absolute Gasteiger partial charge is 0.454 e. The SMILES string of the molecule is CC/C=C\C/C=C\C/C=C\C/C=C\C/C=C\CCCCCCCCCCCCCC(=O)OC1C(OCC(NC(=O)C(O)CCCCCCCCCCCCCCCCCC/C=C/CCCCCCCC)C(O)/C=C/CCCCCCCCCCCCC)OC(CO)C(O)C1O. The molecule has 1 heterocycles. The van der Waals surface area contributed by atoms with Gasteiger partial charge in [0.2, 0.25) is 5.91 Å². The first kappa shape index (κ1) is 89.9. The molecule has 0 saturated carbocycles. The van der Waals surface area contributed by atoms with E-state index in [1.165, 1.54) is 231 Å². The Morgan fingerprint density at radius 2 is 0.758 bits per heavy atom. The van der Waals surface area contributed by atoms with Crippen LogP contribution in [0.3, 0.4) is 0 Å². The van der Waals surface area contributed by atoms with E-state index >= 15 is 0 Å². The van der Waals surface area contributed by atoms with Crippen molar-refractivity contribution >= 4 is 11.9 Å². The van der Waals surface area contributed by atoms with Crippen LogP contribution < -0.4 is 5.32 Å². The zero-order chi connectivity index (χ0) is 68.8. The Bertz CT molecular complexity index is 1880. The second-order valence-corrected chi connectivity index (χ2v) is 27.8. The average Bonchev–Trinajstić information content (AvgIpc) is 0.823. The van der Waals surface area contributed by atoms with Crippen molar-refractivity contribution in [3.05, 3.63) is 85.1 Å². The Hall–Kier alpha value is -3.16. The van der Waals surface area contributed by atoms with Gasteiger partial charge in [-0.3, -0.25) is 9.59 Å². The highest BCUT2D eigenvalue weighted by Gasteiger charge is 2.47. The van der Waals surface area contributed by atoms with Crippen LogP contribution in [0.1, 0.15) is 374 Å². The summed E-state index contributed by atoms with van der Waals surface area (Å²) in [6.07, 6.45) is 84.9. The molecule has 95 heavy (non-hydrogen) atoms. The number of aliphatic hydroxyl groups is 5. The van der Waals surface area contributed by atoms with Crippen molar-refractivity contribution in [1.82, 2.24) is 5.32 Å². The summed E-state index contributed by atoms with van der Waals surface area (Å²) in [6.45, 7) is 5.73. The number of esters is 1. The first-order valence-electron chi connectivity index (χ1n) is 40.4. The molecular formula is C84H151NO10. The van der Waals surface area contributed by atoms with Crippen LogP contribution >= 0.6 is 0 Å². The van der Waals surface area contributed by atoms with E-state index in [1.807, 2.05) is 6.08 Å². The van der Waals surface area contributed by atoms with Crippen molar-refractivity contribution < 1.29 is 49.3 Å². The molecule has 1 aliphatic rings. The molecule has 1 amide bonds. The number of carbonyl (C=O) groups excluding carboxylic acids is 2. The van der Waals surface area contributed by atoms with Crippen LogP contribution in [-0.4, -0.2) is 99.6 Å². The maximum absolute atomic E-state index is 13.6. The molecule has 0 aromatic heterocycles. The normalized spacial score (nSPS) is 18.2. The summed E-state index contributed by atoms with van der Waals surface area (Å²) in [4.78, 5) is 26.8. The Kier molecular flexibility index (Phi) is 66.9. The monoisotopic (exact) mass is 1330 g/mol. The van der Waals surface area contributed by atoms with E-state index in [4.69, 9.17) is 14.2 Å². The lowest BCUT2D eigenvalue weighted by Gasteiger charge is -2.41. The number of amides is 1. The van der Waals surface area contributed by atoms with Gasteiger partial charge in [0.1, 0.15) is 24.4 Å². The standard InChI is InChI=1S/C84H151NO10/c1-4-7-10-13-16-19-22-25-27-29-31-33-35-37-39-41-43-45-47-49-51-54-57-60-63-66-69-72-79(89)95-82-81(91)80(90)78(73-86)94-84(82)93-74-75(76(87)70-67-64-61-58-55-52-24-21-18-15-12-9-6-3)85-83(92)77(88)71-68-65-62-59-56-53-50-48-46-44-42-40-38-36-34-32-30-28-26-23-20-17-14-11-8-5-2/h7,10,16,19,25-28,31,33,37,39,67,70,75-78,80-82,84,86-88,90-91H,4-6,8-9,11-15,17-18,20-24,29-30,32,34-36,38,40-66,68-69,71-74H2,1-3H3,(H,85,92)/b10-7-,19-16-,27-25-,28-26+,33-31-,39-37-,70-67+. The van der Waals surface area contributed by atoms with Crippen molar-refractivity contribution in [2.45, 2.75) is 423 Å². The zero-order valence-electron chi connectivity index (χ0n) is 61.8. The first-order valence-corrected chi connectivity index (χ1v) is 40.4. The molecule has 8 atom stereocenters. The molecule has 0 aromatic carbocycles. The van der Waals surface area contributed by atoms with Gasteiger partial charge < -0.3 is 45.1 Å². The van der Waals surface area contributed by atoms with Crippen LogP contribution in [0.5, 0.6) is 0 Å². The lowest BCUT2D eigenvalue weighted by Crippen LogP contribution is -2.61. The number of carbonyl (C=O) groups is 2. The van der Waals surface area contributed by atoms with Gasteiger partial charge in [-0.25, -0.2) is 0 Å². The fourth-order valence-corrected chi connectivity index (χ4v) is 12.5. The molecule has 11 heteroatoms. The van der Waals surface area contributed by atoms with E-state index in [0.29, 0.717) is 19.3 Å². The van der Waals surface area contributed by atoms with Crippen LogP contribution in [0.4, 0.5) is 0 Å². The summed E-state index contributed by atoms with van der Waals surface area (Å²) in [5, 5.41) is 57.5. The van der Waals surface area contributed by atoms with Crippen molar-refractivity contribution in [1.29, 1.82) is 0 Å². The molecule has 0 aromatic rings. The number of nitrogens with one attached hydrogen (secondary N) is 1.